The van der Waals surface area contributed by atoms with Crippen molar-refractivity contribution < 1.29 is 8.42 Å². The van der Waals surface area contributed by atoms with Crippen molar-refractivity contribution in [2.24, 2.45) is 5.14 Å². The molecule has 0 atom stereocenters. The number of nitrogen functional groups attached to an aromatic ring is 1. The van der Waals surface area contributed by atoms with Crippen molar-refractivity contribution >= 4 is 37.3 Å². The highest BCUT2D eigenvalue weighted by atomic mass is 79.9. The quantitative estimate of drug-likeness (QED) is 0.733. The first-order chi connectivity index (χ1) is 7.71. The summed E-state index contributed by atoms with van der Waals surface area (Å²) >= 11 is 3.20. The summed E-state index contributed by atoms with van der Waals surface area (Å²) in [4.78, 5) is 0.0279. The molecule has 0 saturated carbocycles. The third kappa shape index (κ3) is 3.72. The molecule has 0 aromatic heterocycles. The summed E-state index contributed by atoms with van der Waals surface area (Å²) in [6.45, 7) is 5.81. The van der Waals surface area contributed by atoms with Crippen LogP contribution in [0.25, 0.3) is 0 Å². The fourth-order valence-corrected chi connectivity index (χ4v) is 2.36. The maximum Gasteiger partial charge on any atom is 0.238 e. The lowest BCUT2D eigenvalue weighted by molar-refractivity contribution is 0.597. The molecule has 1 aromatic carbocycles. The molecular weight excluding hydrogens is 306 g/mol. The Morgan fingerprint density at radius 2 is 2.12 bits per heavy atom. The second-order valence-corrected chi connectivity index (χ2v) is 6.26. The number of hydrogen-bond acceptors (Lipinski definition) is 4. The van der Waals surface area contributed by atoms with Crippen LogP contribution in [-0.2, 0) is 10.0 Å². The van der Waals surface area contributed by atoms with Crippen LogP contribution in [0.15, 0.2) is 28.1 Å². The van der Waals surface area contributed by atoms with Crippen molar-refractivity contribution in [1.82, 2.24) is 0 Å². The van der Waals surface area contributed by atoms with Gasteiger partial charge in [0.2, 0.25) is 10.0 Å². The van der Waals surface area contributed by atoms with Crippen molar-refractivity contribution in [3.8, 4) is 0 Å². The fourth-order valence-electron chi connectivity index (χ4n) is 1.38. The molecule has 0 bridgehead atoms. The number of rotatable bonds is 4. The zero-order chi connectivity index (χ0) is 13.2. The van der Waals surface area contributed by atoms with Gasteiger partial charge >= 0.3 is 0 Å². The zero-order valence-corrected chi connectivity index (χ0v) is 11.7. The summed E-state index contributed by atoms with van der Waals surface area (Å²) in [6, 6.07) is 3.00. The number of halogens is 1. The Kier molecular flexibility index (Phi) is 4.18. The van der Waals surface area contributed by atoms with Gasteiger partial charge in [-0.2, -0.15) is 0 Å². The Bertz CT molecular complexity index is 555. The lowest BCUT2D eigenvalue weighted by atomic mass is 10.2. The number of nitrogens with one attached hydrogen (secondary N) is 1. The number of nitrogens with two attached hydrogens (primary N) is 2. The van der Waals surface area contributed by atoms with Crippen LogP contribution in [0.2, 0.25) is 0 Å². The molecule has 1 aromatic rings. The molecule has 5 N–H and O–H groups in total. The Morgan fingerprint density at radius 1 is 1.53 bits per heavy atom. The Morgan fingerprint density at radius 3 is 2.59 bits per heavy atom. The maximum atomic E-state index is 11.4. The van der Waals surface area contributed by atoms with Crippen LogP contribution in [0, 0.1) is 6.92 Å². The number of hydrogen-bond donors (Lipinski definition) is 3. The topological polar surface area (TPSA) is 98.2 Å². The zero-order valence-electron chi connectivity index (χ0n) is 9.33. The molecule has 0 aliphatic heterocycles. The van der Waals surface area contributed by atoms with E-state index in [9.17, 15) is 8.42 Å². The molecule has 0 aliphatic carbocycles. The van der Waals surface area contributed by atoms with E-state index in [0.29, 0.717) is 23.5 Å². The van der Waals surface area contributed by atoms with E-state index in [0.717, 1.165) is 4.48 Å². The van der Waals surface area contributed by atoms with E-state index in [2.05, 4.69) is 27.8 Å². The average molecular weight is 320 g/mol. The highest BCUT2D eigenvalue weighted by Crippen LogP contribution is 2.26. The van der Waals surface area contributed by atoms with E-state index >= 15 is 0 Å². The first kappa shape index (κ1) is 14.0. The smallest absolute Gasteiger partial charge is 0.238 e. The van der Waals surface area contributed by atoms with Gasteiger partial charge in [-0.25, -0.2) is 13.6 Å². The number of benzene rings is 1. The lowest BCUT2D eigenvalue weighted by Gasteiger charge is -2.13. The molecule has 0 spiro atoms. The normalized spacial score (nSPS) is 11.2. The van der Waals surface area contributed by atoms with E-state index in [4.69, 9.17) is 10.9 Å². The minimum absolute atomic E-state index is 0.0279. The molecule has 0 radical (unpaired) electrons. The predicted octanol–water partition coefficient (Wildman–Crippen LogP) is 1.55. The largest absolute Gasteiger partial charge is 0.399 e. The minimum atomic E-state index is -3.77. The predicted molar refractivity (Wildman–Crippen MR) is 73.5 cm³/mol. The number of primary sulfonamides is 1. The van der Waals surface area contributed by atoms with Gasteiger partial charge in [-0.3, -0.25) is 0 Å². The summed E-state index contributed by atoms with van der Waals surface area (Å²) in [7, 11) is -3.77. The molecule has 5 nitrogen and oxygen atoms in total. The molecule has 0 aliphatic rings. The van der Waals surface area contributed by atoms with Crippen LogP contribution in [0.4, 0.5) is 11.4 Å². The monoisotopic (exact) mass is 319 g/mol. The Balaban J connectivity index is 3.24. The Hall–Kier alpha value is -1.05. The van der Waals surface area contributed by atoms with Crippen molar-refractivity contribution in [2.75, 3.05) is 17.6 Å². The molecule has 0 heterocycles. The van der Waals surface area contributed by atoms with E-state index < -0.39 is 10.0 Å². The van der Waals surface area contributed by atoms with Gasteiger partial charge in [0.1, 0.15) is 0 Å². The molecule has 7 heteroatoms. The summed E-state index contributed by atoms with van der Waals surface area (Å²) < 4.78 is 23.5. The van der Waals surface area contributed by atoms with Gasteiger partial charge < -0.3 is 11.1 Å². The van der Waals surface area contributed by atoms with Gasteiger partial charge in [0, 0.05) is 22.4 Å². The van der Waals surface area contributed by atoms with E-state index in [-0.39, 0.29) is 4.90 Å². The third-order valence-electron chi connectivity index (χ3n) is 2.16. The first-order valence-corrected chi connectivity index (χ1v) is 7.06. The Labute approximate surface area is 109 Å². The standard InChI is InChI=1S/C10H14BrN3O2S/c1-6(11)5-14-9-3-8(12)4-10(7(9)2)17(13,15)16/h3-4,14H,1,5,12H2,2H3,(H2,13,15,16). The molecule has 0 fully saturated rings. The van der Waals surface area contributed by atoms with Crippen molar-refractivity contribution in [1.29, 1.82) is 0 Å². The summed E-state index contributed by atoms with van der Waals surface area (Å²) in [5, 5.41) is 8.13. The molecule has 0 saturated heterocycles. The van der Waals surface area contributed by atoms with Crippen LogP contribution in [0.1, 0.15) is 5.56 Å². The van der Waals surface area contributed by atoms with Gasteiger partial charge in [-0.15, -0.1) is 0 Å². The highest BCUT2D eigenvalue weighted by molar-refractivity contribution is 9.11. The first-order valence-electron chi connectivity index (χ1n) is 4.72. The van der Waals surface area contributed by atoms with Crippen molar-refractivity contribution in [3.63, 3.8) is 0 Å². The lowest BCUT2D eigenvalue weighted by Crippen LogP contribution is -2.15. The minimum Gasteiger partial charge on any atom is -0.399 e. The summed E-state index contributed by atoms with van der Waals surface area (Å²) in [6.07, 6.45) is 0. The van der Waals surface area contributed by atoms with E-state index in [1.54, 1.807) is 13.0 Å². The van der Waals surface area contributed by atoms with Gasteiger partial charge in [0.05, 0.1) is 4.90 Å². The van der Waals surface area contributed by atoms with Gasteiger partial charge in [-0.05, 0) is 24.6 Å². The third-order valence-corrected chi connectivity index (χ3v) is 3.48. The van der Waals surface area contributed by atoms with E-state index in [1.807, 2.05) is 0 Å². The van der Waals surface area contributed by atoms with Gasteiger partial charge in [0.15, 0.2) is 0 Å². The molecular formula is C10H14BrN3O2S. The number of anilines is 2. The fraction of sp³-hybridized carbons (Fsp3) is 0.200. The highest BCUT2D eigenvalue weighted by Gasteiger charge is 2.15. The maximum absolute atomic E-state index is 11.4. The van der Waals surface area contributed by atoms with Crippen LogP contribution < -0.4 is 16.2 Å². The molecule has 0 unspecified atom stereocenters. The van der Waals surface area contributed by atoms with Crippen molar-refractivity contribution in [2.45, 2.75) is 11.8 Å². The van der Waals surface area contributed by atoms with Crippen LogP contribution >= 0.6 is 15.9 Å². The van der Waals surface area contributed by atoms with Crippen LogP contribution in [0.5, 0.6) is 0 Å². The summed E-state index contributed by atoms with van der Waals surface area (Å²) in [5.41, 5.74) is 7.13. The van der Waals surface area contributed by atoms with E-state index in [1.165, 1.54) is 6.07 Å². The van der Waals surface area contributed by atoms with Crippen LogP contribution in [0.3, 0.4) is 0 Å². The second-order valence-electron chi connectivity index (χ2n) is 3.61. The van der Waals surface area contributed by atoms with Crippen molar-refractivity contribution in [3.05, 3.63) is 28.8 Å². The average Bonchev–Trinajstić information content (AvgIpc) is 2.17. The molecule has 0 amide bonds. The molecule has 94 valence electrons. The molecule has 17 heavy (non-hydrogen) atoms. The van der Waals surface area contributed by atoms with Crippen LogP contribution in [-0.4, -0.2) is 15.0 Å². The summed E-state index contributed by atoms with van der Waals surface area (Å²) in [5.74, 6) is 0. The second kappa shape index (κ2) is 5.07. The number of sulfonamides is 1. The SMILES string of the molecule is C=C(Br)CNc1cc(N)cc(S(N)(=O)=O)c1C. The molecule has 1 rings (SSSR count). The van der Waals surface area contributed by atoms with Gasteiger partial charge in [0.25, 0.3) is 0 Å². The van der Waals surface area contributed by atoms with Gasteiger partial charge in [-0.1, -0.05) is 22.5 Å².